The maximum absolute atomic E-state index is 13.9. The second-order valence-corrected chi connectivity index (χ2v) is 8.39. The second-order valence-electron chi connectivity index (χ2n) is 8.39. The topological polar surface area (TPSA) is 125 Å². The Balaban J connectivity index is 1.53. The van der Waals surface area contributed by atoms with Crippen LogP contribution in [-0.4, -0.2) is 67.9 Å². The summed E-state index contributed by atoms with van der Waals surface area (Å²) < 4.78 is 15.4. The molecule has 0 spiro atoms. The van der Waals surface area contributed by atoms with E-state index in [1.807, 2.05) is 4.90 Å². The third-order valence-electron chi connectivity index (χ3n) is 6.05. The Morgan fingerprint density at radius 3 is 2.68 bits per heavy atom. The van der Waals surface area contributed by atoms with Crippen LogP contribution in [0.2, 0.25) is 0 Å². The molecule has 11 heteroatoms. The first kappa shape index (κ1) is 19.9. The molecule has 2 aliphatic heterocycles. The van der Waals surface area contributed by atoms with Gasteiger partial charge in [-0.05, 0) is 38.2 Å². The number of imide groups is 1. The Bertz CT molecular complexity index is 1060. The lowest BCUT2D eigenvalue weighted by Gasteiger charge is -2.26. The van der Waals surface area contributed by atoms with Crippen molar-refractivity contribution in [3.8, 4) is 0 Å². The van der Waals surface area contributed by atoms with Crippen molar-refractivity contribution in [1.29, 1.82) is 0 Å². The number of aliphatic hydroxyl groups excluding tert-OH is 1. The van der Waals surface area contributed by atoms with Gasteiger partial charge in [0.05, 0.1) is 25.3 Å². The Hall–Kier alpha value is -3.08. The Kier molecular flexibility index (Phi) is 5.05. The van der Waals surface area contributed by atoms with Crippen LogP contribution in [0, 0.1) is 0 Å². The average molecular weight is 429 g/mol. The summed E-state index contributed by atoms with van der Waals surface area (Å²) >= 11 is 0. The van der Waals surface area contributed by atoms with Crippen LogP contribution in [0.25, 0.3) is 11.7 Å². The van der Waals surface area contributed by atoms with Crippen molar-refractivity contribution in [1.82, 2.24) is 24.9 Å². The zero-order valence-corrected chi connectivity index (χ0v) is 16.9. The van der Waals surface area contributed by atoms with Crippen LogP contribution in [0.15, 0.2) is 11.8 Å². The van der Waals surface area contributed by atoms with Crippen LogP contribution in [-0.2, 0) is 9.59 Å². The predicted octanol–water partition coefficient (Wildman–Crippen LogP) is 0.818. The monoisotopic (exact) mass is 429 g/mol. The number of rotatable bonds is 4. The zero-order valence-electron chi connectivity index (χ0n) is 16.9. The Labute approximate surface area is 177 Å². The highest BCUT2D eigenvalue weighted by Crippen LogP contribution is 2.27. The molecule has 1 saturated carbocycles. The van der Waals surface area contributed by atoms with Gasteiger partial charge in [0.1, 0.15) is 6.17 Å². The first-order valence-electron chi connectivity index (χ1n) is 10.6. The van der Waals surface area contributed by atoms with Gasteiger partial charge in [0.15, 0.2) is 5.65 Å². The molecule has 3 N–H and O–H groups in total. The number of anilines is 2. The van der Waals surface area contributed by atoms with Crippen LogP contribution in [0.1, 0.15) is 44.1 Å². The first-order chi connectivity index (χ1) is 15.0. The molecule has 2 aromatic heterocycles. The highest BCUT2D eigenvalue weighted by molar-refractivity contribution is 6.15. The standard InChI is InChI=1S/C20H24FN7O3/c21-13-5-6-27(10-13)20-26-19(23-14-1-3-15(29)4-2-14)25-17-12(9-22-28(17)20)7-11-8-16(30)24-18(11)31/h7,9,13-15,29H,1-6,8,10H2,(H,23,25)(H,24,30,31)/b11-7+/t13-,14?,15?/m1/s1. The van der Waals surface area contributed by atoms with E-state index in [9.17, 15) is 19.1 Å². The number of hydrogen-bond acceptors (Lipinski definition) is 8. The van der Waals surface area contributed by atoms with E-state index in [1.165, 1.54) is 0 Å². The molecule has 31 heavy (non-hydrogen) atoms. The van der Waals surface area contributed by atoms with Gasteiger partial charge >= 0.3 is 0 Å². The van der Waals surface area contributed by atoms with E-state index in [0.29, 0.717) is 41.6 Å². The van der Waals surface area contributed by atoms with Gasteiger partial charge in [0, 0.05) is 23.7 Å². The number of amides is 2. The molecule has 2 saturated heterocycles. The number of nitrogens with zero attached hydrogens (tertiary/aromatic N) is 5. The highest BCUT2D eigenvalue weighted by Gasteiger charge is 2.28. The molecule has 10 nitrogen and oxygen atoms in total. The molecule has 0 unspecified atom stereocenters. The first-order valence-corrected chi connectivity index (χ1v) is 10.6. The predicted molar refractivity (Wildman–Crippen MR) is 110 cm³/mol. The molecule has 1 aliphatic carbocycles. The zero-order chi connectivity index (χ0) is 21.5. The van der Waals surface area contributed by atoms with Crippen LogP contribution in [0.4, 0.5) is 16.3 Å². The summed E-state index contributed by atoms with van der Waals surface area (Å²) in [5, 5.41) is 19.7. The van der Waals surface area contributed by atoms with Gasteiger partial charge in [0.2, 0.25) is 17.8 Å². The Morgan fingerprint density at radius 2 is 2.00 bits per heavy atom. The summed E-state index contributed by atoms with van der Waals surface area (Å²) in [6.45, 7) is 0.754. The van der Waals surface area contributed by atoms with Crippen LogP contribution in [0.3, 0.4) is 0 Å². The van der Waals surface area contributed by atoms with E-state index in [0.717, 1.165) is 25.7 Å². The number of hydrogen-bond donors (Lipinski definition) is 3. The van der Waals surface area contributed by atoms with Crippen molar-refractivity contribution in [3.63, 3.8) is 0 Å². The van der Waals surface area contributed by atoms with E-state index in [-0.39, 0.29) is 31.0 Å². The molecular weight excluding hydrogens is 405 g/mol. The van der Waals surface area contributed by atoms with Crippen molar-refractivity contribution in [3.05, 3.63) is 17.3 Å². The van der Waals surface area contributed by atoms with E-state index < -0.39 is 12.1 Å². The van der Waals surface area contributed by atoms with Gasteiger partial charge < -0.3 is 15.3 Å². The summed E-state index contributed by atoms with van der Waals surface area (Å²) in [4.78, 5) is 34.6. The summed E-state index contributed by atoms with van der Waals surface area (Å²) in [6, 6.07) is 0.133. The highest BCUT2D eigenvalue weighted by atomic mass is 19.1. The fraction of sp³-hybridized carbons (Fsp3) is 0.550. The van der Waals surface area contributed by atoms with Crippen molar-refractivity contribution < 1.29 is 19.1 Å². The van der Waals surface area contributed by atoms with Gasteiger partial charge in [-0.1, -0.05) is 0 Å². The normalized spacial score (nSPS) is 28.0. The summed E-state index contributed by atoms with van der Waals surface area (Å²) in [5.41, 5.74) is 1.41. The minimum absolute atomic E-state index is 0.0132. The average Bonchev–Trinajstić information content (AvgIpc) is 3.43. The molecule has 3 aliphatic rings. The third kappa shape index (κ3) is 3.97. The minimum Gasteiger partial charge on any atom is -0.393 e. The molecule has 4 heterocycles. The molecule has 2 aromatic rings. The summed E-state index contributed by atoms with van der Waals surface area (Å²) in [6.07, 6.45) is 5.48. The van der Waals surface area contributed by atoms with Crippen molar-refractivity contribution in [2.24, 2.45) is 0 Å². The number of aromatic nitrogens is 4. The fourth-order valence-corrected chi connectivity index (χ4v) is 4.36. The van der Waals surface area contributed by atoms with Gasteiger partial charge in [-0.2, -0.15) is 19.6 Å². The molecule has 0 aromatic carbocycles. The maximum atomic E-state index is 13.9. The molecule has 2 amide bonds. The van der Waals surface area contributed by atoms with Crippen LogP contribution >= 0.6 is 0 Å². The SMILES string of the molecule is O=C1C/C(=C\c2cnn3c(N4CC[C@@H](F)C4)nc(NC4CCC(O)CC4)nc23)C(=O)N1. The van der Waals surface area contributed by atoms with Gasteiger partial charge in [-0.3, -0.25) is 14.9 Å². The van der Waals surface area contributed by atoms with E-state index >= 15 is 0 Å². The number of nitrogens with one attached hydrogen (secondary N) is 2. The summed E-state index contributed by atoms with van der Waals surface area (Å²) in [7, 11) is 0. The van der Waals surface area contributed by atoms with E-state index in [4.69, 9.17) is 0 Å². The van der Waals surface area contributed by atoms with Crippen LogP contribution < -0.4 is 15.5 Å². The lowest BCUT2D eigenvalue weighted by atomic mass is 9.93. The van der Waals surface area contributed by atoms with Crippen molar-refractivity contribution >= 4 is 35.4 Å². The Morgan fingerprint density at radius 1 is 1.19 bits per heavy atom. The lowest BCUT2D eigenvalue weighted by molar-refractivity contribution is -0.124. The maximum Gasteiger partial charge on any atom is 0.254 e. The lowest BCUT2D eigenvalue weighted by Crippen LogP contribution is -2.30. The molecule has 5 rings (SSSR count). The number of halogens is 1. The fourth-order valence-electron chi connectivity index (χ4n) is 4.36. The van der Waals surface area contributed by atoms with E-state index in [1.54, 1.807) is 16.8 Å². The number of fused-ring (bicyclic) bond motifs is 1. The molecular formula is C20H24FN7O3. The van der Waals surface area contributed by atoms with Crippen molar-refractivity contribution in [2.45, 2.75) is 56.8 Å². The molecule has 0 bridgehead atoms. The largest absolute Gasteiger partial charge is 0.393 e. The van der Waals surface area contributed by atoms with Gasteiger partial charge in [-0.15, -0.1) is 0 Å². The number of carbonyl (C=O) groups is 2. The number of carbonyl (C=O) groups excluding carboxylic acids is 2. The van der Waals surface area contributed by atoms with Gasteiger partial charge in [0.25, 0.3) is 5.91 Å². The van der Waals surface area contributed by atoms with Crippen molar-refractivity contribution in [2.75, 3.05) is 23.3 Å². The number of alkyl halides is 1. The molecule has 0 radical (unpaired) electrons. The van der Waals surface area contributed by atoms with E-state index in [2.05, 4.69) is 25.7 Å². The smallest absolute Gasteiger partial charge is 0.254 e. The summed E-state index contributed by atoms with van der Waals surface area (Å²) in [5.74, 6) is 0.131. The van der Waals surface area contributed by atoms with Crippen LogP contribution in [0.5, 0.6) is 0 Å². The molecule has 1 atom stereocenters. The quantitative estimate of drug-likeness (QED) is 0.482. The molecule has 164 valence electrons. The second kappa shape index (κ2) is 7.88. The number of aliphatic hydroxyl groups is 1. The minimum atomic E-state index is -0.924. The molecule has 3 fully saturated rings. The third-order valence-corrected chi connectivity index (χ3v) is 6.05. The van der Waals surface area contributed by atoms with Gasteiger partial charge in [-0.25, -0.2) is 4.39 Å².